The van der Waals surface area contributed by atoms with Crippen molar-refractivity contribution in [2.24, 2.45) is 0 Å². The van der Waals surface area contributed by atoms with Crippen LogP contribution >= 0.6 is 0 Å². The summed E-state index contributed by atoms with van der Waals surface area (Å²) in [6, 6.07) is 9.16. The number of benzene rings is 1. The molecule has 1 aliphatic carbocycles. The van der Waals surface area contributed by atoms with Crippen LogP contribution in [0.5, 0.6) is 0 Å². The number of likely N-dealkylation sites (tertiary alicyclic amines) is 1. The second kappa shape index (κ2) is 8.02. The number of nitrogens with one attached hydrogen (secondary N) is 2. The molecule has 2 fully saturated rings. The van der Waals surface area contributed by atoms with Crippen LogP contribution in [0.25, 0.3) is 0 Å². The van der Waals surface area contributed by atoms with Gasteiger partial charge in [0.2, 0.25) is 0 Å². The standard InChI is InChI=1S/C19H24N4O2/c20-13-14-4-3-5-15(12-14)18(24)21-17-8-10-23(11-9-17)19(25)22-16-6-1-2-7-16/h3-5,12,16-17H,1-2,6-11H2,(H,21,24)(H,22,25). The van der Waals surface area contributed by atoms with Gasteiger partial charge in [0.25, 0.3) is 5.91 Å². The van der Waals surface area contributed by atoms with E-state index in [0.717, 1.165) is 25.7 Å². The van der Waals surface area contributed by atoms with Crippen LogP contribution in [0.3, 0.4) is 0 Å². The van der Waals surface area contributed by atoms with Crippen molar-refractivity contribution < 1.29 is 9.59 Å². The Morgan fingerprint density at radius 2 is 1.72 bits per heavy atom. The van der Waals surface area contributed by atoms with Crippen molar-refractivity contribution in [1.29, 1.82) is 5.26 Å². The van der Waals surface area contributed by atoms with Crippen molar-refractivity contribution >= 4 is 11.9 Å². The summed E-state index contributed by atoms with van der Waals surface area (Å²) < 4.78 is 0. The highest BCUT2D eigenvalue weighted by atomic mass is 16.2. The predicted molar refractivity (Wildman–Crippen MR) is 94.0 cm³/mol. The molecule has 1 saturated heterocycles. The topological polar surface area (TPSA) is 85.2 Å². The van der Waals surface area contributed by atoms with Crippen molar-refractivity contribution in [3.63, 3.8) is 0 Å². The summed E-state index contributed by atoms with van der Waals surface area (Å²) >= 11 is 0. The quantitative estimate of drug-likeness (QED) is 0.886. The van der Waals surface area contributed by atoms with Crippen molar-refractivity contribution in [2.75, 3.05) is 13.1 Å². The number of rotatable bonds is 3. The first-order chi connectivity index (χ1) is 12.2. The molecule has 3 amide bonds. The molecule has 0 unspecified atom stereocenters. The molecule has 25 heavy (non-hydrogen) atoms. The van der Waals surface area contributed by atoms with E-state index in [2.05, 4.69) is 10.6 Å². The lowest BCUT2D eigenvalue weighted by molar-refractivity contribution is 0.0917. The molecule has 0 atom stereocenters. The van der Waals surface area contributed by atoms with Crippen molar-refractivity contribution in [3.05, 3.63) is 35.4 Å². The monoisotopic (exact) mass is 340 g/mol. The van der Waals surface area contributed by atoms with Gasteiger partial charge >= 0.3 is 6.03 Å². The minimum absolute atomic E-state index is 0.0263. The molecule has 2 N–H and O–H groups in total. The minimum atomic E-state index is -0.161. The van der Waals surface area contributed by atoms with Gasteiger partial charge in [0.15, 0.2) is 0 Å². The SMILES string of the molecule is N#Cc1cccc(C(=O)NC2CCN(C(=O)NC3CCCC3)CC2)c1. The van der Waals surface area contributed by atoms with Crippen LogP contribution in [0.1, 0.15) is 54.4 Å². The summed E-state index contributed by atoms with van der Waals surface area (Å²) in [5.41, 5.74) is 0.978. The summed E-state index contributed by atoms with van der Waals surface area (Å²) in [5, 5.41) is 15.0. The fourth-order valence-corrected chi connectivity index (χ4v) is 3.56. The van der Waals surface area contributed by atoms with Gasteiger partial charge in [-0.3, -0.25) is 4.79 Å². The minimum Gasteiger partial charge on any atom is -0.349 e. The average molecular weight is 340 g/mol. The number of piperidine rings is 1. The maximum absolute atomic E-state index is 12.3. The number of urea groups is 1. The highest BCUT2D eigenvalue weighted by molar-refractivity contribution is 5.94. The first kappa shape index (κ1) is 17.3. The number of carbonyl (C=O) groups excluding carboxylic acids is 2. The second-order valence-corrected chi connectivity index (χ2v) is 6.86. The Hall–Kier alpha value is -2.55. The normalized spacial score (nSPS) is 18.6. The zero-order chi connectivity index (χ0) is 17.6. The van der Waals surface area contributed by atoms with E-state index in [1.165, 1.54) is 12.8 Å². The molecular formula is C19H24N4O2. The van der Waals surface area contributed by atoms with Gasteiger partial charge in [-0.25, -0.2) is 4.79 Å². The molecule has 1 aromatic rings. The van der Waals surface area contributed by atoms with Gasteiger partial charge in [-0.15, -0.1) is 0 Å². The lowest BCUT2D eigenvalue weighted by Crippen LogP contribution is -2.51. The van der Waals surface area contributed by atoms with Crippen LogP contribution in [0.4, 0.5) is 4.79 Å². The first-order valence-corrected chi connectivity index (χ1v) is 9.02. The van der Waals surface area contributed by atoms with Gasteiger partial charge in [0, 0.05) is 30.7 Å². The summed E-state index contributed by atoms with van der Waals surface area (Å²) in [5.74, 6) is -0.161. The zero-order valence-corrected chi connectivity index (χ0v) is 14.3. The van der Waals surface area contributed by atoms with E-state index in [4.69, 9.17) is 5.26 Å². The number of nitrogens with zero attached hydrogens (tertiary/aromatic N) is 2. The summed E-state index contributed by atoms with van der Waals surface area (Å²) in [6.07, 6.45) is 6.07. The van der Waals surface area contributed by atoms with E-state index in [-0.39, 0.29) is 18.0 Å². The van der Waals surface area contributed by atoms with Crippen LogP contribution in [-0.2, 0) is 0 Å². The van der Waals surface area contributed by atoms with Crippen LogP contribution in [-0.4, -0.2) is 42.0 Å². The Kier molecular flexibility index (Phi) is 5.54. The molecule has 1 heterocycles. The molecule has 1 aliphatic heterocycles. The van der Waals surface area contributed by atoms with Crippen molar-refractivity contribution in [2.45, 2.75) is 50.6 Å². The van der Waals surface area contributed by atoms with Crippen molar-refractivity contribution in [3.8, 4) is 6.07 Å². The average Bonchev–Trinajstić information content (AvgIpc) is 3.15. The Bertz CT molecular complexity index is 668. The fraction of sp³-hybridized carbons (Fsp3) is 0.526. The lowest BCUT2D eigenvalue weighted by Gasteiger charge is -2.33. The van der Waals surface area contributed by atoms with Crippen LogP contribution in [0.2, 0.25) is 0 Å². The number of hydrogen-bond donors (Lipinski definition) is 2. The molecule has 0 bridgehead atoms. The zero-order valence-electron chi connectivity index (χ0n) is 14.3. The fourth-order valence-electron chi connectivity index (χ4n) is 3.56. The smallest absolute Gasteiger partial charge is 0.317 e. The number of nitriles is 1. The maximum atomic E-state index is 12.3. The van der Waals surface area contributed by atoms with Gasteiger partial charge in [-0.05, 0) is 43.9 Å². The van der Waals surface area contributed by atoms with E-state index in [1.807, 2.05) is 11.0 Å². The van der Waals surface area contributed by atoms with Crippen LogP contribution in [0, 0.1) is 11.3 Å². The van der Waals surface area contributed by atoms with Gasteiger partial charge in [0.1, 0.15) is 0 Å². The largest absolute Gasteiger partial charge is 0.349 e. The molecule has 1 saturated carbocycles. The van der Waals surface area contributed by atoms with E-state index in [1.54, 1.807) is 24.3 Å². The number of carbonyl (C=O) groups is 2. The highest BCUT2D eigenvalue weighted by Crippen LogP contribution is 2.19. The predicted octanol–water partition coefficient (Wildman–Crippen LogP) is 2.40. The Morgan fingerprint density at radius 1 is 1.04 bits per heavy atom. The van der Waals surface area contributed by atoms with Gasteiger partial charge in [-0.2, -0.15) is 5.26 Å². The third-order valence-electron chi connectivity index (χ3n) is 5.05. The molecule has 0 radical (unpaired) electrons. The van der Waals surface area contributed by atoms with E-state index < -0.39 is 0 Å². The highest BCUT2D eigenvalue weighted by Gasteiger charge is 2.26. The molecule has 3 rings (SSSR count). The molecule has 6 nitrogen and oxygen atoms in total. The van der Waals surface area contributed by atoms with Gasteiger partial charge in [-0.1, -0.05) is 18.9 Å². The second-order valence-electron chi connectivity index (χ2n) is 6.86. The molecule has 0 spiro atoms. The van der Waals surface area contributed by atoms with E-state index in [9.17, 15) is 9.59 Å². The van der Waals surface area contributed by atoms with Gasteiger partial charge < -0.3 is 15.5 Å². The van der Waals surface area contributed by atoms with Crippen molar-refractivity contribution in [1.82, 2.24) is 15.5 Å². The molecule has 1 aromatic carbocycles. The summed E-state index contributed by atoms with van der Waals surface area (Å²) in [7, 11) is 0. The molecule has 0 aromatic heterocycles. The Morgan fingerprint density at radius 3 is 2.40 bits per heavy atom. The van der Waals surface area contributed by atoms with Crippen LogP contribution < -0.4 is 10.6 Å². The number of amides is 3. The lowest BCUT2D eigenvalue weighted by atomic mass is 10.0. The molecular weight excluding hydrogens is 316 g/mol. The van der Waals surface area contributed by atoms with E-state index in [0.29, 0.717) is 30.3 Å². The maximum Gasteiger partial charge on any atom is 0.317 e. The third-order valence-corrected chi connectivity index (χ3v) is 5.05. The summed E-state index contributed by atoms with van der Waals surface area (Å²) in [4.78, 5) is 26.4. The summed E-state index contributed by atoms with van der Waals surface area (Å²) in [6.45, 7) is 1.31. The Labute approximate surface area is 148 Å². The van der Waals surface area contributed by atoms with Crippen LogP contribution in [0.15, 0.2) is 24.3 Å². The molecule has 132 valence electrons. The third kappa shape index (κ3) is 4.50. The molecule has 6 heteroatoms. The number of hydrogen-bond acceptors (Lipinski definition) is 3. The molecule has 2 aliphatic rings. The Balaban J connectivity index is 1.46. The van der Waals surface area contributed by atoms with Gasteiger partial charge in [0.05, 0.1) is 11.6 Å². The first-order valence-electron chi connectivity index (χ1n) is 9.02. The van der Waals surface area contributed by atoms with E-state index >= 15 is 0 Å².